The van der Waals surface area contributed by atoms with Gasteiger partial charge in [-0.1, -0.05) is 18.6 Å². The van der Waals surface area contributed by atoms with Gasteiger partial charge in [-0.2, -0.15) is 0 Å². The number of sulfone groups is 1. The molecule has 0 bridgehead atoms. The Bertz CT molecular complexity index is 449. The van der Waals surface area contributed by atoms with E-state index in [0.717, 1.165) is 19.3 Å². The number of hydrogen-bond donors (Lipinski definition) is 1. The highest BCUT2D eigenvalue weighted by Gasteiger charge is 2.26. The summed E-state index contributed by atoms with van der Waals surface area (Å²) in [7, 11) is -3.18. The first-order valence-electron chi connectivity index (χ1n) is 5.17. The fraction of sp³-hybridized carbons (Fsp3) is 0.455. The van der Waals surface area contributed by atoms with E-state index in [-0.39, 0.29) is 10.6 Å². The molecule has 0 spiro atoms. The van der Waals surface area contributed by atoms with E-state index in [2.05, 4.69) is 0 Å². The van der Waals surface area contributed by atoms with Gasteiger partial charge in [0.05, 0.1) is 16.3 Å². The first-order valence-corrected chi connectivity index (χ1v) is 6.82. The Morgan fingerprint density at radius 3 is 2.47 bits per heavy atom. The summed E-state index contributed by atoms with van der Waals surface area (Å²) in [6.45, 7) is 0. The predicted octanol–water partition coefficient (Wildman–Crippen LogP) is 1.84. The lowest BCUT2D eigenvalue weighted by Crippen LogP contribution is -2.22. The van der Waals surface area contributed by atoms with Crippen molar-refractivity contribution in [2.24, 2.45) is 5.92 Å². The van der Waals surface area contributed by atoms with Crippen molar-refractivity contribution < 1.29 is 8.42 Å². The molecule has 1 aromatic carbocycles. The fourth-order valence-corrected chi connectivity index (χ4v) is 3.67. The normalized spacial score (nSPS) is 17.3. The van der Waals surface area contributed by atoms with Crippen LogP contribution >= 0.6 is 0 Å². The van der Waals surface area contributed by atoms with Gasteiger partial charge in [0.15, 0.2) is 9.84 Å². The lowest BCUT2D eigenvalue weighted by molar-refractivity contribution is 0.347. The number of nitrogen functional groups attached to an aromatic ring is 1. The first kappa shape index (κ1) is 10.5. The van der Waals surface area contributed by atoms with Gasteiger partial charge in [-0.15, -0.1) is 0 Å². The van der Waals surface area contributed by atoms with E-state index in [1.165, 1.54) is 0 Å². The van der Waals surface area contributed by atoms with E-state index in [0.29, 0.717) is 11.6 Å². The highest BCUT2D eigenvalue weighted by Crippen LogP contribution is 2.30. The first-order chi connectivity index (χ1) is 7.09. The van der Waals surface area contributed by atoms with Crippen LogP contribution in [-0.2, 0) is 9.84 Å². The van der Waals surface area contributed by atoms with Gasteiger partial charge in [0.1, 0.15) is 0 Å². The quantitative estimate of drug-likeness (QED) is 0.798. The maximum Gasteiger partial charge on any atom is 0.180 e. The second-order valence-electron chi connectivity index (χ2n) is 4.12. The van der Waals surface area contributed by atoms with Gasteiger partial charge in [-0.05, 0) is 30.9 Å². The van der Waals surface area contributed by atoms with Crippen molar-refractivity contribution in [1.29, 1.82) is 0 Å². The third kappa shape index (κ3) is 2.15. The van der Waals surface area contributed by atoms with Crippen LogP contribution in [0.3, 0.4) is 0 Å². The molecule has 3 nitrogen and oxygen atoms in total. The van der Waals surface area contributed by atoms with Crippen LogP contribution in [0.5, 0.6) is 0 Å². The molecule has 2 rings (SSSR count). The molecule has 1 aliphatic carbocycles. The summed E-state index contributed by atoms with van der Waals surface area (Å²) in [6.07, 6.45) is 3.22. The second-order valence-corrected chi connectivity index (χ2v) is 6.12. The molecule has 0 amide bonds. The molecule has 82 valence electrons. The molecule has 4 heteroatoms. The van der Waals surface area contributed by atoms with Gasteiger partial charge in [-0.25, -0.2) is 8.42 Å². The Morgan fingerprint density at radius 2 is 1.93 bits per heavy atom. The highest BCUT2D eigenvalue weighted by molar-refractivity contribution is 7.91. The van der Waals surface area contributed by atoms with Crippen LogP contribution < -0.4 is 5.73 Å². The molecule has 0 unspecified atom stereocenters. The van der Waals surface area contributed by atoms with Crippen molar-refractivity contribution in [2.45, 2.75) is 24.2 Å². The summed E-state index contributed by atoms with van der Waals surface area (Å²) in [4.78, 5) is 0.289. The summed E-state index contributed by atoms with van der Waals surface area (Å²) < 4.78 is 24.0. The predicted molar refractivity (Wildman–Crippen MR) is 60.2 cm³/mol. The second kappa shape index (κ2) is 3.85. The smallest absolute Gasteiger partial charge is 0.180 e. The van der Waals surface area contributed by atoms with Gasteiger partial charge in [0, 0.05) is 0 Å². The average molecular weight is 225 g/mol. The molecule has 1 saturated carbocycles. The summed E-state index contributed by atoms with van der Waals surface area (Å²) in [5.74, 6) is 0.593. The van der Waals surface area contributed by atoms with E-state index in [4.69, 9.17) is 5.73 Å². The van der Waals surface area contributed by atoms with E-state index in [1.54, 1.807) is 24.3 Å². The number of para-hydroxylation sites is 1. The van der Waals surface area contributed by atoms with E-state index < -0.39 is 9.84 Å². The topological polar surface area (TPSA) is 60.2 Å². The van der Waals surface area contributed by atoms with Gasteiger partial charge in [-0.3, -0.25) is 0 Å². The maximum absolute atomic E-state index is 12.0. The molecule has 2 N–H and O–H groups in total. The molecule has 1 fully saturated rings. The van der Waals surface area contributed by atoms with E-state index in [9.17, 15) is 8.42 Å². The molecular formula is C11H15NO2S. The number of benzene rings is 1. The number of hydrogen-bond acceptors (Lipinski definition) is 3. The largest absolute Gasteiger partial charge is 0.398 e. The lowest BCUT2D eigenvalue weighted by Gasteiger charge is -2.25. The van der Waals surface area contributed by atoms with Crippen LogP contribution in [0, 0.1) is 5.92 Å². The van der Waals surface area contributed by atoms with Crippen molar-refractivity contribution in [2.75, 3.05) is 11.5 Å². The van der Waals surface area contributed by atoms with Crippen molar-refractivity contribution in [1.82, 2.24) is 0 Å². The Hall–Kier alpha value is -1.03. The number of anilines is 1. The van der Waals surface area contributed by atoms with Crippen LogP contribution in [-0.4, -0.2) is 14.2 Å². The third-order valence-electron chi connectivity index (χ3n) is 2.93. The molecule has 0 aromatic heterocycles. The highest BCUT2D eigenvalue weighted by atomic mass is 32.2. The minimum Gasteiger partial charge on any atom is -0.398 e. The molecule has 1 aliphatic rings. The molecule has 0 saturated heterocycles. The molecule has 0 atom stereocenters. The molecule has 0 heterocycles. The van der Waals surface area contributed by atoms with Crippen molar-refractivity contribution in [3.63, 3.8) is 0 Å². The minimum atomic E-state index is -3.18. The summed E-state index contributed by atoms with van der Waals surface area (Å²) in [5.41, 5.74) is 6.02. The van der Waals surface area contributed by atoms with E-state index >= 15 is 0 Å². The number of nitrogens with two attached hydrogens (primary N) is 1. The SMILES string of the molecule is Nc1ccccc1S(=O)(=O)CC1CCC1. The zero-order chi connectivity index (χ0) is 10.9. The monoisotopic (exact) mass is 225 g/mol. The fourth-order valence-electron chi connectivity index (χ4n) is 1.82. The Balaban J connectivity index is 2.24. The van der Waals surface area contributed by atoms with Crippen molar-refractivity contribution in [3.8, 4) is 0 Å². The Labute approximate surface area is 90.2 Å². The molecule has 0 radical (unpaired) electrons. The molecule has 15 heavy (non-hydrogen) atoms. The van der Waals surface area contributed by atoms with Crippen LogP contribution in [0.15, 0.2) is 29.2 Å². The Morgan fingerprint density at radius 1 is 1.27 bits per heavy atom. The Kier molecular flexibility index (Phi) is 2.69. The molecular weight excluding hydrogens is 210 g/mol. The molecule has 0 aliphatic heterocycles. The standard InChI is InChI=1S/C11H15NO2S/c12-10-6-1-2-7-11(10)15(13,14)8-9-4-3-5-9/h1-2,6-7,9H,3-5,8,12H2. The average Bonchev–Trinajstić information content (AvgIpc) is 2.12. The molecule has 1 aromatic rings. The third-order valence-corrected chi connectivity index (χ3v) is 4.89. The number of rotatable bonds is 3. The zero-order valence-corrected chi connectivity index (χ0v) is 9.33. The van der Waals surface area contributed by atoms with E-state index in [1.807, 2.05) is 0 Å². The van der Waals surface area contributed by atoms with Crippen LogP contribution in [0.25, 0.3) is 0 Å². The van der Waals surface area contributed by atoms with Crippen molar-refractivity contribution >= 4 is 15.5 Å². The van der Waals surface area contributed by atoms with Gasteiger partial charge < -0.3 is 5.73 Å². The van der Waals surface area contributed by atoms with Gasteiger partial charge >= 0.3 is 0 Å². The lowest BCUT2D eigenvalue weighted by atomic mass is 9.87. The van der Waals surface area contributed by atoms with Gasteiger partial charge in [0.2, 0.25) is 0 Å². The maximum atomic E-state index is 12.0. The van der Waals surface area contributed by atoms with Crippen LogP contribution in [0.2, 0.25) is 0 Å². The summed E-state index contributed by atoms with van der Waals surface area (Å²) in [5, 5.41) is 0. The van der Waals surface area contributed by atoms with Gasteiger partial charge in [0.25, 0.3) is 0 Å². The zero-order valence-electron chi connectivity index (χ0n) is 8.52. The van der Waals surface area contributed by atoms with Crippen molar-refractivity contribution in [3.05, 3.63) is 24.3 Å². The van der Waals surface area contributed by atoms with Crippen LogP contribution in [0.4, 0.5) is 5.69 Å². The summed E-state index contributed by atoms with van der Waals surface area (Å²) in [6, 6.07) is 6.68. The minimum absolute atomic E-state index is 0.251. The van der Waals surface area contributed by atoms with Crippen LogP contribution in [0.1, 0.15) is 19.3 Å². The summed E-state index contributed by atoms with van der Waals surface area (Å²) >= 11 is 0.